The fourth-order valence-corrected chi connectivity index (χ4v) is 4.89. The van der Waals surface area contributed by atoms with E-state index in [0.717, 1.165) is 17.0 Å². The highest BCUT2D eigenvalue weighted by atomic mass is 32.2. The predicted molar refractivity (Wildman–Crippen MR) is 111 cm³/mol. The summed E-state index contributed by atoms with van der Waals surface area (Å²) in [5.74, 6) is 0.289. The molecule has 0 saturated carbocycles. The third kappa shape index (κ3) is 4.36. The molecule has 0 bridgehead atoms. The normalized spacial score (nSPS) is 16.8. The van der Waals surface area contributed by atoms with Crippen molar-refractivity contribution in [3.8, 4) is 28.4 Å². The Morgan fingerprint density at radius 1 is 1.18 bits per heavy atom. The minimum atomic E-state index is -4.94. The Hall–Kier alpha value is -2.86. The van der Waals surface area contributed by atoms with Crippen LogP contribution in [0.5, 0.6) is 5.88 Å². The summed E-state index contributed by atoms with van der Waals surface area (Å²) in [6, 6.07) is 4.32. The Kier molecular flexibility index (Phi) is 5.99. The van der Waals surface area contributed by atoms with Gasteiger partial charge in [0, 0.05) is 41.9 Å². The lowest BCUT2D eigenvalue weighted by molar-refractivity contribution is -0.126. The second kappa shape index (κ2) is 8.49. The van der Waals surface area contributed by atoms with Gasteiger partial charge in [-0.15, -0.1) is 0 Å². The molecule has 8 nitrogen and oxygen atoms in total. The number of pyridine rings is 2. The van der Waals surface area contributed by atoms with Crippen molar-refractivity contribution in [2.45, 2.75) is 49.1 Å². The monoisotopic (exact) mass is 485 g/mol. The van der Waals surface area contributed by atoms with Gasteiger partial charge in [-0.1, -0.05) is 0 Å². The van der Waals surface area contributed by atoms with E-state index in [2.05, 4.69) is 9.97 Å². The maximum Gasteiger partial charge on any atom is 0.405 e. The molecule has 0 amide bonds. The van der Waals surface area contributed by atoms with Crippen molar-refractivity contribution in [2.75, 3.05) is 13.2 Å². The molecule has 0 aliphatic carbocycles. The molecule has 1 N–H and O–H groups in total. The third-order valence-corrected chi connectivity index (χ3v) is 7.75. The molecule has 1 unspecified atom stereocenters. The number of hydrogen-bond donors (Lipinski definition) is 1. The lowest BCUT2D eigenvalue weighted by Gasteiger charge is -2.25. The van der Waals surface area contributed by atoms with E-state index in [-0.39, 0.29) is 23.4 Å². The van der Waals surface area contributed by atoms with Crippen LogP contribution in [0.2, 0.25) is 0 Å². The third-order valence-electron chi connectivity index (χ3n) is 5.67. The Morgan fingerprint density at radius 2 is 1.88 bits per heavy atom. The smallest absolute Gasteiger partial charge is 0.405 e. The predicted octanol–water partition coefficient (Wildman–Crippen LogP) is 3.88. The first-order chi connectivity index (χ1) is 15.5. The standard InChI is InChI=1S/C21H22F3N3O5S/c1-12-9-17(16-3-6-25-19(16)27(12)28)18-10-15(33(29,30)13(2)21(22,23)24)11-26-20(18)32-14-4-7-31-8-5-14/h3,6,9-11,13-14,28H,4-5,7-8H2,1-2H3. The SMILES string of the molecule is Cc1cc(-c2cc(S(=O)(=O)C(C)C(F)(F)F)cnc2OC2CCOCC2)c2ccnc-2n1O. The number of rotatable bonds is 5. The van der Waals surface area contributed by atoms with E-state index in [1.54, 1.807) is 19.1 Å². The van der Waals surface area contributed by atoms with Crippen molar-refractivity contribution < 1.29 is 36.3 Å². The number of fused-ring (bicyclic) bond motifs is 1. The molecule has 1 aromatic heterocycles. The van der Waals surface area contributed by atoms with Crippen molar-refractivity contribution in [3.63, 3.8) is 0 Å². The summed E-state index contributed by atoms with van der Waals surface area (Å²) in [4.78, 5) is 7.66. The molecule has 33 heavy (non-hydrogen) atoms. The van der Waals surface area contributed by atoms with Crippen molar-refractivity contribution in [3.05, 3.63) is 36.3 Å². The first kappa shape index (κ1) is 23.3. The highest BCUT2D eigenvalue weighted by Gasteiger charge is 2.46. The van der Waals surface area contributed by atoms with E-state index >= 15 is 0 Å². The molecule has 1 aromatic rings. The zero-order valence-electron chi connectivity index (χ0n) is 17.8. The van der Waals surface area contributed by atoms with Gasteiger partial charge in [-0.2, -0.15) is 17.9 Å². The van der Waals surface area contributed by atoms with E-state index in [1.807, 2.05) is 0 Å². The van der Waals surface area contributed by atoms with Crippen molar-refractivity contribution in [1.82, 2.24) is 14.7 Å². The first-order valence-electron chi connectivity index (χ1n) is 10.2. The average Bonchev–Trinajstić information content (AvgIpc) is 3.26. The van der Waals surface area contributed by atoms with Gasteiger partial charge in [-0.3, -0.25) is 0 Å². The quantitative estimate of drug-likeness (QED) is 0.547. The summed E-state index contributed by atoms with van der Waals surface area (Å²) in [6.07, 6.45) is -1.67. The van der Waals surface area contributed by atoms with Crippen molar-refractivity contribution in [2.24, 2.45) is 0 Å². The maximum absolute atomic E-state index is 13.2. The van der Waals surface area contributed by atoms with Gasteiger partial charge in [0.15, 0.2) is 20.9 Å². The summed E-state index contributed by atoms with van der Waals surface area (Å²) in [5, 5.41) is 7.66. The largest absolute Gasteiger partial charge is 0.474 e. The minimum Gasteiger partial charge on any atom is -0.474 e. The second-order valence-corrected chi connectivity index (χ2v) is 10.1. The summed E-state index contributed by atoms with van der Waals surface area (Å²) in [6.45, 7) is 3.18. The van der Waals surface area contributed by atoms with Crippen LogP contribution in [0.3, 0.4) is 0 Å². The van der Waals surface area contributed by atoms with Gasteiger partial charge < -0.3 is 14.7 Å². The number of sulfone groups is 1. The summed E-state index contributed by atoms with van der Waals surface area (Å²) in [7, 11) is -4.77. The first-order valence-corrected chi connectivity index (χ1v) is 11.8. The van der Waals surface area contributed by atoms with E-state index in [0.29, 0.717) is 49.8 Å². The van der Waals surface area contributed by atoms with Gasteiger partial charge in [0.25, 0.3) is 0 Å². The molecule has 178 valence electrons. The number of hydrogen-bond acceptors (Lipinski definition) is 7. The summed E-state index contributed by atoms with van der Waals surface area (Å²) < 4.78 is 77.4. The second-order valence-electron chi connectivity index (χ2n) is 7.88. The van der Waals surface area contributed by atoms with Crippen molar-refractivity contribution >= 4 is 9.84 Å². The van der Waals surface area contributed by atoms with E-state index in [4.69, 9.17) is 9.47 Å². The number of nitrogens with zero attached hydrogens (tertiary/aromatic N) is 3. The van der Waals surface area contributed by atoms with E-state index in [9.17, 15) is 26.8 Å². The zero-order chi connectivity index (χ0) is 24.0. The molecule has 1 fully saturated rings. The molecule has 3 aliphatic heterocycles. The number of halogens is 3. The van der Waals surface area contributed by atoms with Crippen LogP contribution in [-0.4, -0.2) is 59.1 Å². The Bertz CT molecular complexity index is 1240. The molecule has 4 rings (SSSR count). The molecule has 12 heteroatoms. The van der Waals surface area contributed by atoms with Crippen LogP contribution < -0.4 is 4.74 Å². The van der Waals surface area contributed by atoms with Gasteiger partial charge in [-0.25, -0.2) is 18.4 Å². The molecular formula is C21H22F3N3O5S. The van der Waals surface area contributed by atoms with Gasteiger partial charge in [0.2, 0.25) is 5.88 Å². The number of ether oxygens (including phenoxy) is 2. The van der Waals surface area contributed by atoms with E-state index < -0.39 is 26.2 Å². The number of alkyl halides is 3. The lowest BCUT2D eigenvalue weighted by atomic mass is 10.0. The molecule has 0 aromatic carbocycles. The molecule has 0 radical (unpaired) electrons. The van der Waals surface area contributed by atoms with Gasteiger partial charge in [0.1, 0.15) is 6.10 Å². The van der Waals surface area contributed by atoms with Gasteiger partial charge >= 0.3 is 6.18 Å². The topological polar surface area (TPSA) is 104 Å². The van der Waals surface area contributed by atoms with Crippen LogP contribution in [-0.2, 0) is 14.6 Å². The summed E-state index contributed by atoms with van der Waals surface area (Å²) >= 11 is 0. The van der Waals surface area contributed by atoms with Gasteiger partial charge in [0.05, 0.1) is 23.8 Å². The Morgan fingerprint density at radius 3 is 2.55 bits per heavy atom. The fourth-order valence-electron chi connectivity index (χ4n) is 3.65. The average molecular weight is 485 g/mol. The molecular weight excluding hydrogens is 463 g/mol. The van der Waals surface area contributed by atoms with Crippen molar-refractivity contribution in [1.29, 1.82) is 0 Å². The number of aryl methyl sites for hydroxylation is 1. The fraction of sp³-hybridized carbons (Fsp3) is 0.429. The molecule has 4 heterocycles. The molecule has 3 aliphatic rings. The maximum atomic E-state index is 13.2. The van der Waals surface area contributed by atoms with Crippen LogP contribution in [0, 0.1) is 6.92 Å². The van der Waals surface area contributed by atoms with E-state index in [1.165, 1.54) is 6.20 Å². The van der Waals surface area contributed by atoms with Crippen LogP contribution in [0.15, 0.2) is 35.5 Å². The van der Waals surface area contributed by atoms with Gasteiger partial charge in [-0.05, 0) is 32.0 Å². The van der Waals surface area contributed by atoms with Crippen LogP contribution in [0.25, 0.3) is 22.5 Å². The Balaban J connectivity index is 1.88. The number of aromatic nitrogens is 3. The molecule has 1 atom stereocenters. The highest BCUT2D eigenvalue weighted by molar-refractivity contribution is 7.92. The lowest BCUT2D eigenvalue weighted by Crippen LogP contribution is -2.34. The molecule has 1 saturated heterocycles. The zero-order valence-corrected chi connectivity index (χ0v) is 18.7. The van der Waals surface area contributed by atoms with Crippen LogP contribution >= 0.6 is 0 Å². The highest BCUT2D eigenvalue weighted by Crippen LogP contribution is 2.40. The summed E-state index contributed by atoms with van der Waals surface area (Å²) in [5.41, 5.74) is 1.46. The van der Waals surface area contributed by atoms with Crippen LogP contribution in [0.1, 0.15) is 25.5 Å². The minimum absolute atomic E-state index is 0.0816. The van der Waals surface area contributed by atoms with Crippen LogP contribution in [0.4, 0.5) is 13.2 Å². The molecule has 0 spiro atoms. The Labute approximate surface area is 188 Å².